The number of benzene rings is 2. The topological polar surface area (TPSA) is 77.3 Å². The maximum absolute atomic E-state index is 13.4. The van der Waals surface area contributed by atoms with Crippen molar-refractivity contribution in [3.63, 3.8) is 0 Å². The molecule has 2 aromatic heterocycles. The van der Waals surface area contributed by atoms with E-state index < -0.39 is 0 Å². The van der Waals surface area contributed by atoms with Crippen LogP contribution in [0.1, 0.15) is 51.7 Å². The van der Waals surface area contributed by atoms with Crippen molar-refractivity contribution in [3.8, 4) is 11.4 Å². The number of carbonyl (C=O) groups is 2. The fourth-order valence-electron chi connectivity index (χ4n) is 4.11. The van der Waals surface area contributed by atoms with E-state index in [9.17, 15) is 9.59 Å². The lowest BCUT2D eigenvalue weighted by molar-refractivity contribution is 0.0926. The first kappa shape index (κ1) is 19.9. The largest absolute Gasteiger partial charge is 0.497 e. The Bertz CT molecular complexity index is 1370. The lowest BCUT2D eigenvalue weighted by Gasteiger charge is -2.15. The summed E-state index contributed by atoms with van der Waals surface area (Å²) in [5, 5.41) is 5.21. The molecule has 0 radical (unpaired) electrons. The van der Waals surface area contributed by atoms with Gasteiger partial charge in [-0.2, -0.15) is 5.10 Å². The summed E-state index contributed by atoms with van der Waals surface area (Å²) in [5.74, 6) is 0.373. The van der Waals surface area contributed by atoms with Crippen molar-refractivity contribution in [1.29, 1.82) is 0 Å². The van der Waals surface area contributed by atoms with E-state index in [4.69, 9.17) is 4.74 Å². The number of hydrogen-bond acceptors (Lipinski definition) is 5. The lowest BCUT2D eigenvalue weighted by atomic mass is 10.0. The molecule has 0 saturated heterocycles. The van der Waals surface area contributed by atoms with Gasteiger partial charge in [0.25, 0.3) is 11.8 Å². The van der Waals surface area contributed by atoms with Gasteiger partial charge in [0.1, 0.15) is 5.75 Å². The highest BCUT2D eigenvalue weighted by Gasteiger charge is 2.40. The van der Waals surface area contributed by atoms with Crippen molar-refractivity contribution in [1.82, 2.24) is 14.8 Å². The van der Waals surface area contributed by atoms with Gasteiger partial charge in [0.05, 0.1) is 40.7 Å². The van der Waals surface area contributed by atoms with Gasteiger partial charge in [-0.05, 0) is 54.8 Å². The van der Waals surface area contributed by atoms with Crippen LogP contribution in [0.15, 0.2) is 54.7 Å². The Morgan fingerprint density at radius 2 is 1.56 bits per heavy atom. The fraction of sp³-hybridized carbons (Fsp3) is 0.200. The highest BCUT2D eigenvalue weighted by Crippen LogP contribution is 2.35. The van der Waals surface area contributed by atoms with Gasteiger partial charge in [0.2, 0.25) is 0 Å². The molecule has 2 aromatic carbocycles. The molecule has 0 atom stereocenters. The van der Waals surface area contributed by atoms with E-state index in [1.54, 1.807) is 11.8 Å². The predicted octanol–water partition coefficient (Wildman–Crippen LogP) is 4.66. The number of carbonyl (C=O) groups excluding carboxylic acids is 2. The van der Waals surface area contributed by atoms with Crippen LogP contribution in [0.3, 0.4) is 0 Å². The molecule has 32 heavy (non-hydrogen) atoms. The summed E-state index contributed by atoms with van der Waals surface area (Å²) in [4.78, 5) is 32.3. The van der Waals surface area contributed by atoms with Crippen LogP contribution in [0.2, 0.25) is 0 Å². The molecule has 2 amide bonds. The molecule has 0 unspecified atom stereocenters. The van der Waals surface area contributed by atoms with Crippen LogP contribution in [-0.4, -0.2) is 33.7 Å². The molecule has 0 fully saturated rings. The van der Waals surface area contributed by atoms with E-state index in [0.29, 0.717) is 39.5 Å². The smallest absolute Gasteiger partial charge is 0.267 e. The lowest BCUT2D eigenvalue weighted by Crippen LogP contribution is -2.29. The van der Waals surface area contributed by atoms with Crippen molar-refractivity contribution < 1.29 is 14.3 Å². The normalized spacial score (nSPS) is 13.3. The summed E-state index contributed by atoms with van der Waals surface area (Å²) in [6.45, 7) is 6.02. The molecule has 0 spiro atoms. The number of methoxy groups -OCH3 is 1. The average Bonchev–Trinajstić information content (AvgIpc) is 3.27. The van der Waals surface area contributed by atoms with Gasteiger partial charge in [-0.15, -0.1) is 0 Å². The molecule has 0 aliphatic carbocycles. The molecule has 0 saturated carbocycles. The van der Waals surface area contributed by atoms with E-state index in [0.717, 1.165) is 17.0 Å². The van der Waals surface area contributed by atoms with E-state index in [-0.39, 0.29) is 11.8 Å². The van der Waals surface area contributed by atoms with Crippen LogP contribution < -0.4 is 9.64 Å². The van der Waals surface area contributed by atoms with Gasteiger partial charge in [-0.3, -0.25) is 9.59 Å². The quantitative estimate of drug-likeness (QED) is 0.444. The zero-order valence-corrected chi connectivity index (χ0v) is 18.3. The number of rotatable bonds is 4. The van der Waals surface area contributed by atoms with Gasteiger partial charge in [0.15, 0.2) is 5.65 Å². The second kappa shape index (κ2) is 7.30. The third kappa shape index (κ3) is 2.89. The first-order chi connectivity index (χ1) is 15.4. The molecular formula is C25H22N4O3. The van der Waals surface area contributed by atoms with Crippen LogP contribution in [0, 0.1) is 6.92 Å². The number of hydrogen-bond donors (Lipinski definition) is 0. The SMILES string of the molecule is COc1ccc(-n2nc(C)c3c4c(cnc32)C(=O)N(c2ccc(C(C)C)cc2)C4=O)cc1. The van der Waals surface area contributed by atoms with Crippen molar-refractivity contribution in [2.75, 3.05) is 12.0 Å². The summed E-state index contributed by atoms with van der Waals surface area (Å²) in [7, 11) is 1.61. The number of pyridine rings is 1. The molecule has 160 valence electrons. The number of amides is 2. The monoisotopic (exact) mass is 426 g/mol. The Labute approximate surface area is 185 Å². The molecule has 7 heteroatoms. The van der Waals surface area contributed by atoms with E-state index in [2.05, 4.69) is 23.9 Å². The zero-order chi connectivity index (χ0) is 22.6. The van der Waals surface area contributed by atoms with Crippen LogP contribution in [0.4, 0.5) is 5.69 Å². The third-order valence-corrected chi connectivity index (χ3v) is 5.86. The molecule has 1 aliphatic heterocycles. The van der Waals surface area contributed by atoms with E-state index >= 15 is 0 Å². The van der Waals surface area contributed by atoms with Crippen LogP contribution >= 0.6 is 0 Å². The standard InChI is InChI=1S/C25H22N4O3/c1-14(2)16-5-7-17(8-6-16)28-24(30)20-13-26-23-21(22(20)25(28)31)15(3)27-29(23)18-9-11-19(32-4)12-10-18/h5-14H,1-4H3. The minimum absolute atomic E-state index is 0.299. The summed E-state index contributed by atoms with van der Waals surface area (Å²) in [5.41, 5.74) is 4.30. The third-order valence-electron chi connectivity index (χ3n) is 5.86. The van der Waals surface area contributed by atoms with Crippen molar-refractivity contribution in [3.05, 3.63) is 77.1 Å². The molecule has 7 nitrogen and oxygen atoms in total. The van der Waals surface area contributed by atoms with Crippen molar-refractivity contribution >= 4 is 28.5 Å². The summed E-state index contributed by atoms with van der Waals surface area (Å²) < 4.78 is 6.91. The maximum atomic E-state index is 13.4. The van der Waals surface area contributed by atoms with Crippen LogP contribution in [0.5, 0.6) is 5.75 Å². The number of anilines is 1. The Hall–Kier alpha value is -4.00. The van der Waals surface area contributed by atoms with Crippen LogP contribution in [-0.2, 0) is 0 Å². The Balaban J connectivity index is 1.62. The summed E-state index contributed by atoms with van der Waals surface area (Å²) >= 11 is 0. The maximum Gasteiger partial charge on any atom is 0.267 e. The molecular weight excluding hydrogens is 404 g/mol. The number of nitrogens with zero attached hydrogens (tertiary/aromatic N) is 4. The minimum atomic E-state index is -0.367. The summed E-state index contributed by atoms with van der Waals surface area (Å²) in [6, 6.07) is 14.9. The van der Waals surface area contributed by atoms with Gasteiger partial charge in [-0.1, -0.05) is 26.0 Å². The van der Waals surface area contributed by atoms with Gasteiger partial charge < -0.3 is 4.74 Å². The Kier molecular flexibility index (Phi) is 4.55. The van der Waals surface area contributed by atoms with Crippen molar-refractivity contribution in [2.45, 2.75) is 26.7 Å². The van der Waals surface area contributed by atoms with E-state index in [1.165, 1.54) is 11.1 Å². The van der Waals surface area contributed by atoms with Gasteiger partial charge >= 0.3 is 0 Å². The Morgan fingerprint density at radius 1 is 0.906 bits per heavy atom. The number of aryl methyl sites for hydroxylation is 1. The first-order valence-corrected chi connectivity index (χ1v) is 10.4. The number of fused-ring (bicyclic) bond motifs is 3. The minimum Gasteiger partial charge on any atom is -0.497 e. The number of imide groups is 1. The van der Waals surface area contributed by atoms with Gasteiger partial charge in [0, 0.05) is 6.20 Å². The molecule has 0 bridgehead atoms. The predicted molar refractivity (Wildman–Crippen MR) is 122 cm³/mol. The Morgan fingerprint density at radius 3 is 2.19 bits per heavy atom. The first-order valence-electron chi connectivity index (χ1n) is 10.4. The molecule has 5 rings (SSSR count). The average molecular weight is 426 g/mol. The van der Waals surface area contributed by atoms with Crippen molar-refractivity contribution in [2.24, 2.45) is 0 Å². The molecule has 4 aromatic rings. The number of ether oxygens (including phenoxy) is 1. The molecule has 0 N–H and O–H groups in total. The number of aromatic nitrogens is 3. The second-order valence-corrected chi connectivity index (χ2v) is 8.13. The molecule has 3 heterocycles. The fourth-order valence-corrected chi connectivity index (χ4v) is 4.11. The zero-order valence-electron chi connectivity index (χ0n) is 18.3. The molecule has 1 aliphatic rings. The van der Waals surface area contributed by atoms with Crippen LogP contribution in [0.25, 0.3) is 16.7 Å². The second-order valence-electron chi connectivity index (χ2n) is 8.13. The van der Waals surface area contributed by atoms with E-state index in [1.807, 2.05) is 55.5 Å². The summed E-state index contributed by atoms with van der Waals surface area (Å²) in [6.07, 6.45) is 1.47. The highest BCUT2D eigenvalue weighted by molar-refractivity contribution is 6.37. The highest BCUT2D eigenvalue weighted by atomic mass is 16.5. The van der Waals surface area contributed by atoms with Gasteiger partial charge in [-0.25, -0.2) is 14.6 Å².